The molecule has 21 heavy (non-hydrogen) atoms. The maximum Gasteiger partial charge on any atom is 0.231 e. The summed E-state index contributed by atoms with van der Waals surface area (Å²) in [4.78, 5) is 15.0. The summed E-state index contributed by atoms with van der Waals surface area (Å²) >= 11 is 0. The van der Waals surface area contributed by atoms with Crippen molar-refractivity contribution in [1.29, 1.82) is 0 Å². The Kier molecular flexibility index (Phi) is 4.92. The molecule has 1 aromatic carbocycles. The quantitative estimate of drug-likeness (QED) is 0.849. The molecule has 1 heterocycles. The van der Waals surface area contributed by atoms with Gasteiger partial charge in [0.2, 0.25) is 17.8 Å². The maximum atomic E-state index is 4.41. The molecule has 0 fully saturated rings. The number of nitrogens with zero attached hydrogens (tertiary/aromatic N) is 4. The Morgan fingerprint density at radius 1 is 1.05 bits per heavy atom. The van der Waals surface area contributed by atoms with Crippen molar-refractivity contribution < 1.29 is 0 Å². The number of hydrogen-bond acceptors (Lipinski definition) is 6. The summed E-state index contributed by atoms with van der Waals surface area (Å²) in [6.07, 6.45) is 0. The number of benzene rings is 1. The summed E-state index contributed by atoms with van der Waals surface area (Å²) in [5, 5.41) is 6.37. The Morgan fingerprint density at radius 2 is 1.76 bits per heavy atom. The molecule has 2 N–H and O–H groups in total. The predicted octanol–water partition coefficient (Wildman–Crippen LogP) is 2.29. The topological polar surface area (TPSA) is 66.0 Å². The molecule has 0 atom stereocenters. The highest BCUT2D eigenvalue weighted by Crippen LogP contribution is 2.12. The van der Waals surface area contributed by atoms with Gasteiger partial charge in [0.1, 0.15) is 0 Å². The van der Waals surface area contributed by atoms with E-state index in [0.717, 1.165) is 6.54 Å². The third kappa shape index (κ3) is 4.30. The van der Waals surface area contributed by atoms with Crippen molar-refractivity contribution in [2.45, 2.75) is 20.4 Å². The molecule has 0 saturated heterocycles. The fraction of sp³-hybridized carbons (Fsp3) is 0.400. The lowest BCUT2D eigenvalue weighted by molar-refractivity contribution is 0.936. The largest absolute Gasteiger partial charge is 0.354 e. The molecule has 1 aromatic heterocycles. The fourth-order valence-electron chi connectivity index (χ4n) is 1.88. The zero-order valence-electron chi connectivity index (χ0n) is 13.0. The molecule has 0 spiro atoms. The van der Waals surface area contributed by atoms with Gasteiger partial charge in [-0.05, 0) is 19.4 Å². The molecule has 112 valence electrons. The molecule has 2 rings (SSSR count). The van der Waals surface area contributed by atoms with Crippen LogP contribution in [0.25, 0.3) is 0 Å². The van der Waals surface area contributed by atoms with E-state index in [-0.39, 0.29) is 0 Å². The van der Waals surface area contributed by atoms with E-state index < -0.39 is 0 Å². The van der Waals surface area contributed by atoms with Crippen LogP contribution >= 0.6 is 0 Å². The van der Waals surface area contributed by atoms with Crippen molar-refractivity contribution in [3.8, 4) is 0 Å². The van der Waals surface area contributed by atoms with E-state index >= 15 is 0 Å². The zero-order chi connectivity index (χ0) is 15.2. The first-order valence-corrected chi connectivity index (χ1v) is 7.05. The van der Waals surface area contributed by atoms with Gasteiger partial charge in [-0.1, -0.05) is 29.8 Å². The summed E-state index contributed by atoms with van der Waals surface area (Å²) in [5.41, 5.74) is 2.44. The van der Waals surface area contributed by atoms with Crippen molar-refractivity contribution in [1.82, 2.24) is 15.0 Å². The highest BCUT2D eigenvalue weighted by atomic mass is 15.3. The third-order valence-corrected chi connectivity index (χ3v) is 2.89. The van der Waals surface area contributed by atoms with Crippen LogP contribution < -0.4 is 15.5 Å². The van der Waals surface area contributed by atoms with Gasteiger partial charge in [0.15, 0.2) is 0 Å². The van der Waals surface area contributed by atoms with Crippen LogP contribution in [0, 0.1) is 6.92 Å². The van der Waals surface area contributed by atoms with Gasteiger partial charge in [0.25, 0.3) is 0 Å². The number of aromatic nitrogens is 3. The average Bonchev–Trinajstić information content (AvgIpc) is 2.45. The molecular weight excluding hydrogens is 264 g/mol. The Labute approximate surface area is 125 Å². The SMILES string of the molecule is CCNc1nc(NCc2cccc(C)c2)nc(N(C)C)n1. The number of nitrogens with one attached hydrogen (secondary N) is 2. The van der Waals surface area contributed by atoms with Gasteiger partial charge >= 0.3 is 0 Å². The monoisotopic (exact) mass is 286 g/mol. The van der Waals surface area contributed by atoms with E-state index in [9.17, 15) is 0 Å². The van der Waals surface area contributed by atoms with E-state index in [0.29, 0.717) is 24.4 Å². The third-order valence-electron chi connectivity index (χ3n) is 2.89. The normalized spacial score (nSPS) is 10.3. The summed E-state index contributed by atoms with van der Waals surface area (Å²) < 4.78 is 0. The lowest BCUT2D eigenvalue weighted by Gasteiger charge is -2.14. The molecule has 0 unspecified atom stereocenters. The number of rotatable bonds is 6. The second-order valence-electron chi connectivity index (χ2n) is 5.05. The van der Waals surface area contributed by atoms with Crippen LogP contribution in [0.4, 0.5) is 17.8 Å². The van der Waals surface area contributed by atoms with Crippen LogP contribution in [-0.4, -0.2) is 35.6 Å². The van der Waals surface area contributed by atoms with Gasteiger partial charge in [-0.15, -0.1) is 0 Å². The molecule has 0 aliphatic rings. The fourth-order valence-corrected chi connectivity index (χ4v) is 1.88. The first kappa shape index (κ1) is 15.0. The molecule has 0 saturated carbocycles. The number of aryl methyl sites for hydroxylation is 1. The standard InChI is InChI=1S/C15H22N6/c1-5-16-13-18-14(20-15(19-13)21(3)4)17-10-12-8-6-7-11(2)9-12/h6-9H,5,10H2,1-4H3,(H2,16,17,18,19,20). The van der Waals surface area contributed by atoms with Crippen LogP contribution in [-0.2, 0) is 6.54 Å². The summed E-state index contributed by atoms with van der Waals surface area (Å²) in [5.74, 6) is 1.79. The van der Waals surface area contributed by atoms with Crippen LogP contribution in [0.1, 0.15) is 18.1 Å². The Bertz CT molecular complexity index is 596. The zero-order valence-corrected chi connectivity index (χ0v) is 13.0. The van der Waals surface area contributed by atoms with Crippen molar-refractivity contribution >= 4 is 17.8 Å². The van der Waals surface area contributed by atoms with E-state index in [1.807, 2.05) is 25.9 Å². The molecule has 0 aliphatic carbocycles. The van der Waals surface area contributed by atoms with Gasteiger partial charge in [0.05, 0.1) is 0 Å². The van der Waals surface area contributed by atoms with E-state index in [1.54, 1.807) is 0 Å². The lowest BCUT2D eigenvalue weighted by atomic mass is 10.1. The Morgan fingerprint density at radius 3 is 2.38 bits per heavy atom. The molecule has 6 nitrogen and oxygen atoms in total. The molecule has 6 heteroatoms. The summed E-state index contributed by atoms with van der Waals surface area (Å²) in [6.45, 7) is 5.55. The summed E-state index contributed by atoms with van der Waals surface area (Å²) in [6, 6.07) is 8.36. The second kappa shape index (κ2) is 6.88. The first-order valence-electron chi connectivity index (χ1n) is 7.05. The van der Waals surface area contributed by atoms with E-state index in [2.05, 4.69) is 56.8 Å². The van der Waals surface area contributed by atoms with E-state index in [1.165, 1.54) is 11.1 Å². The van der Waals surface area contributed by atoms with Gasteiger partial charge in [0, 0.05) is 27.2 Å². The van der Waals surface area contributed by atoms with Crippen molar-refractivity contribution in [3.63, 3.8) is 0 Å². The van der Waals surface area contributed by atoms with Gasteiger partial charge in [-0.2, -0.15) is 15.0 Å². The van der Waals surface area contributed by atoms with Crippen LogP contribution in [0.2, 0.25) is 0 Å². The highest BCUT2D eigenvalue weighted by molar-refractivity contribution is 5.43. The lowest BCUT2D eigenvalue weighted by Crippen LogP contribution is -2.17. The Balaban J connectivity index is 2.14. The minimum Gasteiger partial charge on any atom is -0.354 e. The maximum absolute atomic E-state index is 4.41. The van der Waals surface area contributed by atoms with Crippen LogP contribution in [0.5, 0.6) is 0 Å². The molecule has 0 bridgehead atoms. The summed E-state index contributed by atoms with van der Waals surface area (Å²) in [7, 11) is 3.82. The highest BCUT2D eigenvalue weighted by Gasteiger charge is 2.07. The van der Waals surface area contributed by atoms with Crippen molar-refractivity contribution in [2.75, 3.05) is 36.2 Å². The van der Waals surface area contributed by atoms with Crippen LogP contribution in [0.3, 0.4) is 0 Å². The predicted molar refractivity (Wildman–Crippen MR) is 86.8 cm³/mol. The van der Waals surface area contributed by atoms with Gasteiger partial charge < -0.3 is 15.5 Å². The number of hydrogen-bond donors (Lipinski definition) is 2. The minimum absolute atomic E-state index is 0.575. The molecule has 0 amide bonds. The van der Waals surface area contributed by atoms with Gasteiger partial charge in [-0.3, -0.25) is 0 Å². The number of anilines is 3. The second-order valence-corrected chi connectivity index (χ2v) is 5.05. The molecule has 0 radical (unpaired) electrons. The van der Waals surface area contributed by atoms with Crippen molar-refractivity contribution in [3.05, 3.63) is 35.4 Å². The van der Waals surface area contributed by atoms with Crippen LogP contribution in [0.15, 0.2) is 24.3 Å². The smallest absolute Gasteiger partial charge is 0.231 e. The molecular formula is C15H22N6. The first-order chi connectivity index (χ1) is 10.1. The van der Waals surface area contributed by atoms with Gasteiger partial charge in [-0.25, -0.2) is 0 Å². The van der Waals surface area contributed by atoms with E-state index in [4.69, 9.17) is 0 Å². The minimum atomic E-state index is 0.575. The molecule has 2 aromatic rings. The average molecular weight is 286 g/mol. The molecule has 0 aliphatic heterocycles. The van der Waals surface area contributed by atoms with Crippen molar-refractivity contribution in [2.24, 2.45) is 0 Å². The Hall–Kier alpha value is -2.37.